The van der Waals surface area contributed by atoms with E-state index in [1.807, 2.05) is 24.3 Å². The molecule has 0 bridgehead atoms. The number of aliphatic imine (C=N–C) groups is 1. The molecule has 0 atom stereocenters. The van der Waals surface area contributed by atoms with Gasteiger partial charge in [-0.1, -0.05) is 0 Å². The van der Waals surface area contributed by atoms with Crippen LogP contribution in [0.25, 0.3) is 10.8 Å². The molecule has 0 radical (unpaired) electrons. The number of anilines is 1. The van der Waals surface area contributed by atoms with Crippen LogP contribution in [0.15, 0.2) is 46.3 Å². The number of likely N-dealkylation sites (N-methyl/N-ethyl adjacent to an activating group) is 1. The Balaban J connectivity index is 1.61. The number of hydrogen-bond donors (Lipinski definition) is 2. The van der Waals surface area contributed by atoms with E-state index in [-0.39, 0.29) is 11.4 Å². The third-order valence-corrected chi connectivity index (χ3v) is 5.58. The van der Waals surface area contributed by atoms with Crippen molar-refractivity contribution in [2.45, 2.75) is 0 Å². The third-order valence-electron chi connectivity index (χ3n) is 4.91. The van der Waals surface area contributed by atoms with Gasteiger partial charge in [0.2, 0.25) is 5.88 Å². The Morgan fingerprint density at radius 2 is 1.96 bits per heavy atom. The monoisotopic (exact) mass is 489 g/mol. The number of piperazine rings is 1. The Bertz CT molecular complexity index is 1090. The highest BCUT2D eigenvalue weighted by atomic mass is 127. The van der Waals surface area contributed by atoms with Crippen LogP contribution in [-0.2, 0) is 0 Å². The first-order valence-electron chi connectivity index (χ1n) is 8.99. The Morgan fingerprint density at radius 1 is 1.18 bits per heavy atom. The normalized spacial score (nSPS) is 15.6. The number of rotatable bonds is 3. The van der Waals surface area contributed by atoms with Crippen molar-refractivity contribution < 1.29 is 5.11 Å². The molecule has 3 aromatic rings. The fraction of sp³-hybridized carbons (Fsp3) is 0.250. The molecule has 0 aliphatic carbocycles. The van der Waals surface area contributed by atoms with Gasteiger partial charge in [-0.05, 0) is 60.0 Å². The van der Waals surface area contributed by atoms with E-state index < -0.39 is 0 Å². The van der Waals surface area contributed by atoms with Crippen molar-refractivity contribution >= 4 is 51.1 Å². The molecule has 4 rings (SSSR count). The fourth-order valence-electron chi connectivity index (χ4n) is 3.25. The number of hydrogen-bond acceptors (Lipinski definition) is 6. The van der Waals surface area contributed by atoms with Gasteiger partial charge in [0, 0.05) is 46.7 Å². The molecule has 1 aliphatic rings. The van der Waals surface area contributed by atoms with Gasteiger partial charge in [-0.25, -0.2) is 4.98 Å². The second-order valence-electron chi connectivity index (χ2n) is 6.83. The Hall–Kier alpha value is -2.46. The van der Waals surface area contributed by atoms with E-state index in [4.69, 9.17) is 0 Å². The van der Waals surface area contributed by atoms with E-state index >= 15 is 0 Å². The Labute approximate surface area is 175 Å². The zero-order chi connectivity index (χ0) is 19.7. The lowest BCUT2D eigenvalue weighted by atomic mass is 10.1. The first kappa shape index (κ1) is 18.9. The highest BCUT2D eigenvalue weighted by Crippen LogP contribution is 2.24. The summed E-state index contributed by atoms with van der Waals surface area (Å²) in [4.78, 5) is 28.1. The maximum absolute atomic E-state index is 12.1. The van der Waals surface area contributed by atoms with Gasteiger partial charge in [-0.3, -0.25) is 14.8 Å². The average Bonchev–Trinajstić information content (AvgIpc) is 2.68. The van der Waals surface area contributed by atoms with E-state index in [9.17, 15) is 9.90 Å². The number of fused-ring (bicyclic) bond motifs is 1. The van der Waals surface area contributed by atoms with Crippen molar-refractivity contribution in [2.75, 3.05) is 38.1 Å². The number of pyridine rings is 2. The van der Waals surface area contributed by atoms with Crippen LogP contribution in [0.4, 0.5) is 11.5 Å². The lowest BCUT2D eigenvalue weighted by Gasteiger charge is -2.33. The molecular weight excluding hydrogens is 469 g/mol. The second kappa shape index (κ2) is 7.88. The first-order chi connectivity index (χ1) is 13.5. The van der Waals surface area contributed by atoms with Gasteiger partial charge >= 0.3 is 0 Å². The summed E-state index contributed by atoms with van der Waals surface area (Å²) >= 11 is 2.18. The summed E-state index contributed by atoms with van der Waals surface area (Å²) in [5, 5.41) is 11.4. The van der Waals surface area contributed by atoms with E-state index in [2.05, 4.69) is 54.4 Å². The smallest absolute Gasteiger partial charge is 0.258 e. The Morgan fingerprint density at radius 3 is 2.68 bits per heavy atom. The quantitative estimate of drug-likeness (QED) is 0.437. The first-order valence-corrected chi connectivity index (χ1v) is 10.1. The number of aromatic hydroxyl groups is 1. The molecule has 1 fully saturated rings. The molecule has 2 N–H and O–H groups in total. The summed E-state index contributed by atoms with van der Waals surface area (Å²) in [6.45, 7) is 3.97. The summed E-state index contributed by atoms with van der Waals surface area (Å²) in [5.41, 5.74) is 0.845. The highest BCUT2D eigenvalue weighted by molar-refractivity contribution is 14.1. The number of nitrogens with zero attached hydrogens (tertiary/aromatic N) is 4. The maximum atomic E-state index is 12.1. The van der Waals surface area contributed by atoms with Crippen LogP contribution in [0.1, 0.15) is 5.56 Å². The van der Waals surface area contributed by atoms with Crippen LogP contribution in [0.2, 0.25) is 0 Å². The molecule has 1 saturated heterocycles. The van der Waals surface area contributed by atoms with Crippen LogP contribution in [0, 0.1) is 3.57 Å². The van der Waals surface area contributed by atoms with Crippen molar-refractivity contribution in [1.29, 1.82) is 0 Å². The minimum atomic E-state index is -0.320. The SMILES string of the molecule is CN1CCN(c2ccc(N=Cc3c(O)[nH]c(=O)c4ccc(I)cc34)cn2)CC1. The van der Waals surface area contributed by atoms with Gasteiger partial charge in [-0.15, -0.1) is 0 Å². The van der Waals surface area contributed by atoms with Crippen LogP contribution >= 0.6 is 22.6 Å². The maximum Gasteiger partial charge on any atom is 0.258 e. The molecule has 144 valence electrons. The predicted molar refractivity (Wildman–Crippen MR) is 120 cm³/mol. The number of H-pyrrole nitrogens is 1. The van der Waals surface area contributed by atoms with E-state index in [1.165, 1.54) is 0 Å². The summed E-state index contributed by atoms with van der Waals surface area (Å²) in [5.74, 6) is 0.754. The Kier molecular flexibility index (Phi) is 5.31. The topological polar surface area (TPSA) is 84.8 Å². The summed E-state index contributed by atoms with van der Waals surface area (Å²) < 4.78 is 0.975. The molecule has 1 aromatic carbocycles. The number of nitrogens with one attached hydrogen (secondary N) is 1. The summed E-state index contributed by atoms with van der Waals surface area (Å²) in [7, 11) is 2.12. The van der Waals surface area contributed by atoms with Crippen LogP contribution in [-0.4, -0.2) is 59.4 Å². The van der Waals surface area contributed by atoms with Crippen molar-refractivity contribution in [2.24, 2.45) is 4.99 Å². The zero-order valence-electron chi connectivity index (χ0n) is 15.4. The lowest BCUT2D eigenvalue weighted by Crippen LogP contribution is -2.44. The van der Waals surface area contributed by atoms with E-state index in [1.54, 1.807) is 18.5 Å². The molecule has 8 heteroatoms. The van der Waals surface area contributed by atoms with Crippen molar-refractivity contribution in [3.63, 3.8) is 0 Å². The highest BCUT2D eigenvalue weighted by Gasteiger charge is 2.15. The number of aromatic nitrogens is 2. The standard InChI is InChI=1S/C20H20IN5O2/c1-25-6-8-26(9-7-25)18-5-3-14(11-23-18)22-12-17-16-10-13(21)2-4-15(16)19(27)24-20(17)28/h2-5,10-12H,6-9H2,1H3,(H2,24,27,28). The average molecular weight is 489 g/mol. The van der Waals surface area contributed by atoms with Crippen LogP contribution in [0.3, 0.4) is 0 Å². The van der Waals surface area contributed by atoms with Crippen molar-refractivity contribution in [3.05, 3.63) is 56.0 Å². The van der Waals surface area contributed by atoms with E-state index in [0.29, 0.717) is 22.0 Å². The number of benzene rings is 1. The molecule has 7 nitrogen and oxygen atoms in total. The van der Waals surface area contributed by atoms with Gasteiger partial charge < -0.3 is 14.9 Å². The zero-order valence-corrected chi connectivity index (χ0v) is 17.5. The minimum Gasteiger partial charge on any atom is -0.494 e. The minimum absolute atomic E-state index is 0.190. The largest absolute Gasteiger partial charge is 0.494 e. The van der Waals surface area contributed by atoms with Gasteiger partial charge in [-0.2, -0.15) is 0 Å². The molecule has 1 aliphatic heterocycles. The van der Waals surface area contributed by atoms with Crippen LogP contribution < -0.4 is 10.5 Å². The molecule has 0 spiro atoms. The van der Waals surface area contributed by atoms with Crippen molar-refractivity contribution in [3.8, 4) is 5.88 Å². The van der Waals surface area contributed by atoms with Gasteiger partial charge in [0.1, 0.15) is 5.82 Å². The fourth-order valence-corrected chi connectivity index (χ4v) is 3.75. The van der Waals surface area contributed by atoms with Gasteiger partial charge in [0.05, 0.1) is 17.4 Å². The predicted octanol–water partition coefficient (Wildman–Crippen LogP) is 2.74. The molecule has 0 unspecified atom stereocenters. The molecular formula is C20H20IN5O2. The molecule has 0 saturated carbocycles. The van der Waals surface area contributed by atoms with Crippen LogP contribution in [0.5, 0.6) is 5.88 Å². The van der Waals surface area contributed by atoms with Gasteiger partial charge in [0.15, 0.2) is 0 Å². The number of aromatic amines is 1. The van der Waals surface area contributed by atoms with Gasteiger partial charge in [0.25, 0.3) is 5.56 Å². The summed E-state index contributed by atoms with van der Waals surface area (Å²) in [6, 6.07) is 9.34. The second-order valence-corrected chi connectivity index (χ2v) is 8.08. The molecule has 0 amide bonds. The van der Waals surface area contributed by atoms with Crippen molar-refractivity contribution in [1.82, 2.24) is 14.9 Å². The lowest BCUT2D eigenvalue weighted by molar-refractivity contribution is 0.312. The third kappa shape index (κ3) is 3.88. The molecule has 3 heterocycles. The van der Waals surface area contributed by atoms with E-state index in [0.717, 1.165) is 35.6 Å². The molecule has 28 heavy (non-hydrogen) atoms. The summed E-state index contributed by atoms with van der Waals surface area (Å²) in [6.07, 6.45) is 3.29. The number of halogens is 1. The molecule has 2 aromatic heterocycles.